The molecule has 1 saturated carbocycles. The van der Waals surface area contributed by atoms with Crippen molar-refractivity contribution in [1.82, 2.24) is 9.21 Å². The van der Waals surface area contributed by atoms with Crippen LogP contribution in [0.4, 0.5) is 0 Å². The summed E-state index contributed by atoms with van der Waals surface area (Å²) < 4.78 is 27.3. The lowest BCUT2D eigenvalue weighted by Gasteiger charge is -2.38. The van der Waals surface area contributed by atoms with E-state index in [1.807, 2.05) is 11.9 Å². The number of sulfonamides is 1. The van der Waals surface area contributed by atoms with Crippen LogP contribution in [0.3, 0.4) is 0 Å². The number of hydrogen-bond donors (Lipinski definition) is 0. The molecule has 0 bridgehead atoms. The Kier molecular flexibility index (Phi) is 5.85. The molecule has 1 aromatic heterocycles. The Labute approximate surface area is 155 Å². The van der Waals surface area contributed by atoms with Crippen LogP contribution in [0.5, 0.6) is 0 Å². The highest BCUT2D eigenvalue weighted by Crippen LogP contribution is 2.30. The Morgan fingerprint density at radius 3 is 2.60 bits per heavy atom. The number of nitrogens with zero attached hydrogens (tertiary/aromatic N) is 2. The maximum atomic E-state index is 12.9. The van der Waals surface area contributed by atoms with Crippen molar-refractivity contribution in [3.8, 4) is 0 Å². The first-order valence-electron chi connectivity index (χ1n) is 9.20. The van der Waals surface area contributed by atoms with Crippen molar-refractivity contribution in [3.05, 3.63) is 17.5 Å². The highest BCUT2D eigenvalue weighted by atomic mass is 32.2. The molecule has 5 nitrogen and oxygen atoms in total. The van der Waals surface area contributed by atoms with Crippen LogP contribution in [-0.4, -0.2) is 49.7 Å². The predicted molar refractivity (Wildman–Crippen MR) is 100.0 cm³/mol. The van der Waals surface area contributed by atoms with Crippen molar-refractivity contribution in [1.29, 1.82) is 0 Å². The largest absolute Gasteiger partial charge is 0.342 e. The Bertz CT molecular complexity index is 679. The molecule has 25 heavy (non-hydrogen) atoms. The molecular formula is C18H28N2O3S2. The van der Waals surface area contributed by atoms with E-state index in [0.29, 0.717) is 23.3 Å². The van der Waals surface area contributed by atoms with E-state index < -0.39 is 10.0 Å². The lowest BCUT2D eigenvalue weighted by molar-refractivity contribution is -0.138. The normalized spacial score (nSPS) is 28.6. The number of carbonyl (C=O) groups is 1. The van der Waals surface area contributed by atoms with E-state index in [4.69, 9.17) is 0 Å². The third-order valence-electron chi connectivity index (χ3n) is 5.70. The number of rotatable bonds is 4. The van der Waals surface area contributed by atoms with Gasteiger partial charge in [-0.3, -0.25) is 4.79 Å². The number of amides is 1. The van der Waals surface area contributed by atoms with Gasteiger partial charge >= 0.3 is 0 Å². The van der Waals surface area contributed by atoms with Crippen molar-refractivity contribution in [2.45, 2.75) is 55.7 Å². The van der Waals surface area contributed by atoms with E-state index in [-0.39, 0.29) is 11.8 Å². The first-order chi connectivity index (χ1) is 11.9. The molecule has 1 aromatic rings. The maximum absolute atomic E-state index is 12.9. The maximum Gasteiger partial charge on any atom is 0.252 e. The van der Waals surface area contributed by atoms with E-state index in [1.54, 1.807) is 17.5 Å². The molecule has 0 aromatic carbocycles. The van der Waals surface area contributed by atoms with Gasteiger partial charge in [0, 0.05) is 26.2 Å². The van der Waals surface area contributed by atoms with Gasteiger partial charge in [0.15, 0.2) is 0 Å². The minimum absolute atomic E-state index is 0.116. The van der Waals surface area contributed by atoms with Crippen LogP contribution in [-0.2, 0) is 14.8 Å². The molecule has 2 heterocycles. The molecule has 0 spiro atoms. The number of piperidine rings is 1. The van der Waals surface area contributed by atoms with Crippen molar-refractivity contribution in [2.24, 2.45) is 11.8 Å². The molecule has 3 rings (SSSR count). The second-order valence-corrected chi connectivity index (χ2v) is 10.6. The Hall–Kier alpha value is -0.920. The summed E-state index contributed by atoms with van der Waals surface area (Å²) in [6.45, 7) is 3.09. The molecule has 1 atom stereocenters. The van der Waals surface area contributed by atoms with Gasteiger partial charge in [0.05, 0.1) is 5.92 Å². The van der Waals surface area contributed by atoms with Crippen LogP contribution < -0.4 is 0 Å². The lowest BCUT2D eigenvalue weighted by atomic mass is 9.86. The summed E-state index contributed by atoms with van der Waals surface area (Å²) in [5, 5.41) is 1.78. The monoisotopic (exact) mass is 384 g/mol. The topological polar surface area (TPSA) is 57.7 Å². The molecule has 1 unspecified atom stereocenters. The predicted octanol–water partition coefficient (Wildman–Crippen LogP) is 3.19. The fourth-order valence-electron chi connectivity index (χ4n) is 4.00. The molecule has 0 radical (unpaired) electrons. The summed E-state index contributed by atoms with van der Waals surface area (Å²) in [5.74, 6) is 0.652. The summed E-state index contributed by atoms with van der Waals surface area (Å²) in [6.07, 6.45) is 6.00. The average molecular weight is 385 g/mol. The number of carbonyl (C=O) groups excluding carboxylic acids is 1. The summed E-state index contributed by atoms with van der Waals surface area (Å²) in [5.41, 5.74) is 0. The molecule has 1 amide bonds. The summed E-state index contributed by atoms with van der Waals surface area (Å²) in [6, 6.07) is 3.70. The van der Waals surface area contributed by atoms with E-state index in [0.717, 1.165) is 31.6 Å². The Morgan fingerprint density at radius 2 is 1.96 bits per heavy atom. The molecule has 140 valence electrons. The zero-order valence-electron chi connectivity index (χ0n) is 15.1. The van der Waals surface area contributed by atoms with Crippen molar-refractivity contribution in [2.75, 3.05) is 20.1 Å². The third kappa shape index (κ3) is 4.09. The van der Waals surface area contributed by atoms with Gasteiger partial charge in [-0.25, -0.2) is 8.42 Å². The molecule has 0 N–H and O–H groups in total. The molecule has 7 heteroatoms. The van der Waals surface area contributed by atoms with Crippen molar-refractivity contribution in [3.63, 3.8) is 0 Å². The molecule has 2 aliphatic rings. The SMILES string of the molecule is CC1CCC(N(C)C(=O)C2CCCN(S(=O)(=O)c3cccs3)C2)CC1. The standard InChI is InChI=1S/C18H28N2O3S2/c1-14-7-9-16(10-8-14)19(2)18(21)15-5-3-11-20(13-15)25(22,23)17-6-4-12-24-17/h4,6,12,14-16H,3,5,7-11,13H2,1-2H3. The van der Waals surface area contributed by atoms with Crippen LogP contribution in [0.2, 0.25) is 0 Å². The van der Waals surface area contributed by atoms with Crippen LogP contribution in [0, 0.1) is 11.8 Å². The minimum Gasteiger partial charge on any atom is -0.342 e. The number of thiophene rings is 1. The molecular weight excluding hydrogens is 356 g/mol. The van der Waals surface area contributed by atoms with E-state index in [9.17, 15) is 13.2 Å². The smallest absolute Gasteiger partial charge is 0.252 e. The molecule has 1 saturated heterocycles. The van der Waals surface area contributed by atoms with Crippen LogP contribution in [0.15, 0.2) is 21.7 Å². The Balaban J connectivity index is 1.65. The average Bonchev–Trinajstić information content (AvgIpc) is 3.17. The highest BCUT2D eigenvalue weighted by Gasteiger charge is 2.36. The van der Waals surface area contributed by atoms with Crippen LogP contribution in [0.25, 0.3) is 0 Å². The quantitative estimate of drug-likeness (QED) is 0.801. The summed E-state index contributed by atoms with van der Waals surface area (Å²) in [7, 11) is -1.56. The second-order valence-electron chi connectivity index (χ2n) is 7.50. The third-order valence-corrected chi connectivity index (χ3v) is 8.94. The van der Waals surface area contributed by atoms with Gasteiger partial charge in [-0.1, -0.05) is 13.0 Å². The van der Waals surface area contributed by atoms with Gasteiger partial charge in [0.1, 0.15) is 4.21 Å². The van der Waals surface area contributed by atoms with E-state index >= 15 is 0 Å². The van der Waals surface area contributed by atoms with Gasteiger partial charge in [-0.05, 0) is 55.9 Å². The van der Waals surface area contributed by atoms with Crippen LogP contribution >= 0.6 is 11.3 Å². The molecule has 1 aliphatic carbocycles. The van der Waals surface area contributed by atoms with Gasteiger partial charge in [-0.15, -0.1) is 11.3 Å². The van der Waals surface area contributed by atoms with Crippen LogP contribution in [0.1, 0.15) is 45.4 Å². The summed E-state index contributed by atoms with van der Waals surface area (Å²) >= 11 is 1.24. The fraction of sp³-hybridized carbons (Fsp3) is 0.722. The molecule has 1 aliphatic heterocycles. The van der Waals surface area contributed by atoms with Gasteiger partial charge in [0.2, 0.25) is 5.91 Å². The zero-order chi connectivity index (χ0) is 18.0. The minimum atomic E-state index is -3.46. The second kappa shape index (κ2) is 7.76. The van der Waals surface area contributed by atoms with Crippen molar-refractivity contribution < 1.29 is 13.2 Å². The van der Waals surface area contributed by atoms with Gasteiger partial charge < -0.3 is 4.90 Å². The van der Waals surface area contributed by atoms with Gasteiger partial charge in [0.25, 0.3) is 10.0 Å². The van der Waals surface area contributed by atoms with E-state index in [2.05, 4.69) is 6.92 Å². The lowest BCUT2D eigenvalue weighted by Crippen LogP contribution is -2.48. The first-order valence-corrected chi connectivity index (χ1v) is 11.5. The van der Waals surface area contributed by atoms with E-state index in [1.165, 1.54) is 28.5 Å². The van der Waals surface area contributed by atoms with Gasteiger partial charge in [-0.2, -0.15) is 4.31 Å². The summed E-state index contributed by atoms with van der Waals surface area (Å²) in [4.78, 5) is 14.8. The van der Waals surface area contributed by atoms with Crippen molar-refractivity contribution >= 4 is 27.3 Å². The Morgan fingerprint density at radius 1 is 1.24 bits per heavy atom. The highest BCUT2D eigenvalue weighted by molar-refractivity contribution is 7.91. The molecule has 2 fully saturated rings. The first kappa shape index (κ1) is 18.9. The number of hydrogen-bond acceptors (Lipinski definition) is 4. The zero-order valence-corrected chi connectivity index (χ0v) is 16.7. The fourth-order valence-corrected chi connectivity index (χ4v) is 6.67.